The first-order valence-electron chi connectivity index (χ1n) is 5.93. The van der Waals surface area contributed by atoms with E-state index in [4.69, 9.17) is 10.8 Å². The molecule has 2 aromatic rings. The summed E-state index contributed by atoms with van der Waals surface area (Å²) in [6, 6.07) is 8.76. The summed E-state index contributed by atoms with van der Waals surface area (Å²) in [4.78, 5) is 19.1. The maximum absolute atomic E-state index is 10.7. The molecular formula is C14H15N3O2. The van der Waals surface area contributed by atoms with E-state index >= 15 is 0 Å². The molecule has 1 atom stereocenters. The van der Waals surface area contributed by atoms with Crippen molar-refractivity contribution in [1.82, 2.24) is 9.97 Å². The van der Waals surface area contributed by atoms with Crippen molar-refractivity contribution in [1.29, 1.82) is 0 Å². The summed E-state index contributed by atoms with van der Waals surface area (Å²) in [7, 11) is 0. The molecule has 1 aromatic carbocycles. The van der Waals surface area contributed by atoms with Gasteiger partial charge in [0.2, 0.25) is 0 Å². The van der Waals surface area contributed by atoms with Gasteiger partial charge in [-0.05, 0) is 13.0 Å². The van der Waals surface area contributed by atoms with Crippen molar-refractivity contribution in [3.05, 3.63) is 47.9 Å². The van der Waals surface area contributed by atoms with Gasteiger partial charge in [-0.1, -0.05) is 29.8 Å². The van der Waals surface area contributed by atoms with E-state index < -0.39 is 12.0 Å². The van der Waals surface area contributed by atoms with Crippen molar-refractivity contribution in [2.24, 2.45) is 5.73 Å². The molecule has 19 heavy (non-hydrogen) atoms. The second-order valence-electron chi connectivity index (χ2n) is 4.37. The molecule has 0 aliphatic rings. The highest BCUT2D eigenvalue weighted by atomic mass is 16.4. The minimum Gasteiger partial charge on any atom is -0.480 e. The van der Waals surface area contributed by atoms with Crippen LogP contribution in [0.15, 0.2) is 36.5 Å². The predicted octanol–water partition coefficient (Wildman–Crippen LogP) is 1.41. The molecule has 0 amide bonds. The molecular weight excluding hydrogens is 242 g/mol. The number of rotatable bonds is 4. The first-order valence-corrected chi connectivity index (χ1v) is 5.93. The fraction of sp³-hybridized carbons (Fsp3) is 0.214. The van der Waals surface area contributed by atoms with Crippen LogP contribution in [0.3, 0.4) is 0 Å². The van der Waals surface area contributed by atoms with Crippen molar-refractivity contribution in [2.75, 3.05) is 0 Å². The van der Waals surface area contributed by atoms with Gasteiger partial charge in [0.25, 0.3) is 0 Å². The third kappa shape index (κ3) is 3.35. The van der Waals surface area contributed by atoms with Gasteiger partial charge in [0, 0.05) is 18.2 Å². The van der Waals surface area contributed by atoms with E-state index in [9.17, 15) is 4.79 Å². The minimum absolute atomic E-state index is 0.120. The molecule has 1 heterocycles. The number of aliphatic carboxylic acids is 1. The number of nitrogens with two attached hydrogens (primary N) is 1. The SMILES string of the molecule is Cc1ccc(-c2ccnc(CC(N)C(=O)O)n2)cc1. The second-order valence-corrected chi connectivity index (χ2v) is 4.37. The molecule has 0 bridgehead atoms. The normalized spacial score (nSPS) is 12.1. The lowest BCUT2D eigenvalue weighted by molar-refractivity contribution is -0.138. The van der Waals surface area contributed by atoms with Crippen LogP contribution in [-0.2, 0) is 11.2 Å². The van der Waals surface area contributed by atoms with E-state index in [-0.39, 0.29) is 6.42 Å². The lowest BCUT2D eigenvalue weighted by atomic mass is 10.1. The lowest BCUT2D eigenvalue weighted by Crippen LogP contribution is -2.32. The summed E-state index contributed by atoms with van der Waals surface area (Å²) in [6.07, 6.45) is 1.74. The molecule has 0 spiro atoms. The van der Waals surface area contributed by atoms with Crippen LogP contribution in [0.1, 0.15) is 11.4 Å². The molecule has 5 heteroatoms. The van der Waals surface area contributed by atoms with Crippen LogP contribution in [0.5, 0.6) is 0 Å². The average Bonchev–Trinajstić information content (AvgIpc) is 2.39. The maximum Gasteiger partial charge on any atom is 0.320 e. The number of nitrogens with zero attached hydrogens (tertiary/aromatic N) is 2. The quantitative estimate of drug-likeness (QED) is 0.864. The number of hydrogen-bond acceptors (Lipinski definition) is 4. The minimum atomic E-state index is -1.05. The number of carboxylic acid groups (broad SMARTS) is 1. The zero-order valence-corrected chi connectivity index (χ0v) is 10.6. The number of aromatic nitrogens is 2. The van der Waals surface area contributed by atoms with Gasteiger partial charge < -0.3 is 10.8 Å². The first-order chi connectivity index (χ1) is 9.06. The zero-order chi connectivity index (χ0) is 13.8. The molecule has 0 saturated heterocycles. The highest BCUT2D eigenvalue weighted by Crippen LogP contribution is 2.17. The van der Waals surface area contributed by atoms with E-state index in [1.165, 1.54) is 5.56 Å². The molecule has 0 radical (unpaired) electrons. The summed E-state index contributed by atoms with van der Waals surface area (Å²) in [6.45, 7) is 2.01. The number of carboxylic acids is 1. The Morgan fingerprint density at radius 1 is 1.32 bits per heavy atom. The van der Waals surface area contributed by atoms with Gasteiger partial charge >= 0.3 is 5.97 Å². The summed E-state index contributed by atoms with van der Waals surface area (Å²) in [5, 5.41) is 8.78. The first kappa shape index (κ1) is 13.2. The van der Waals surface area contributed by atoms with Gasteiger partial charge in [-0.3, -0.25) is 4.79 Å². The van der Waals surface area contributed by atoms with Crippen LogP contribution < -0.4 is 5.73 Å². The largest absolute Gasteiger partial charge is 0.480 e. The zero-order valence-electron chi connectivity index (χ0n) is 10.6. The van der Waals surface area contributed by atoms with Crippen LogP contribution in [-0.4, -0.2) is 27.1 Å². The van der Waals surface area contributed by atoms with Crippen LogP contribution in [0.4, 0.5) is 0 Å². The molecule has 1 unspecified atom stereocenters. The number of aryl methyl sites for hydroxylation is 1. The van der Waals surface area contributed by atoms with Crippen molar-refractivity contribution >= 4 is 5.97 Å². The van der Waals surface area contributed by atoms with Gasteiger partial charge in [-0.2, -0.15) is 0 Å². The van der Waals surface area contributed by atoms with Gasteiger partial charge in [-0.25, -0.2) is 9.97 Å². The summed E-state index contributed by atoms with van der Waals surface area (Å²) in [5.74, 6) is -0.614. The Balaban J connectivity index is 2.24. The molecule has 0 fully saturated rings. The lowest BCUT2D eigenvalue weighted by Gasteiger charge is -2.07. The third-order valence-corrected chi connectivity index (χ3v) is 2.77. The summed E-state index contributed by atoms with van der Waals surface area (Å²) in [5.41, 5.74) is 8.39. The predicted molar refractivity (Wildman–Crippen MR) is 71.5 cm³/mol. The fourth-order valence-electron chi connectivity index (χ4n) is 1.67. The smallest absolute Gasteiger partial charge is 0.320 e. The second kappa shape index (κ2) is 5.58. The Morgan fingerprint density at radius 2 is 2.00 bits per heavy atom. The molecule has 0 saturated carbocycles. The third-order valence-electron chi connectivity index (χ3n) is 2.77. The van der Waals surface area contributed by atoms with Gasteiger partial charge in [0.05, 0.1) is 5.69 Å². The Morgan fingerprint density at radius 3 is 2.63 bits per heavy atom. The van der Waals surface area contributed by atoms with Crippen LogP contribution in [0.2, 0.25) is 0 Å². The standard InChI is InChI=1S/C14H15N3O2/c1-9-2-4-10(5-3-9)12-6-7-16-13(17-12)8-11(15)14(18)19/h2-7,11H,8,15H2,1H3,(H,18,19). The molecule has 3 N–H and O–H groups in total. The number of benzene rings is 1. The Labute approximate surface area is 111 Å². The monoisotopic (exact) mass is 257 g/mol. The van der Waals surface area contributed by atoms with E-state index in [2.05, 4.69) is 9.97 Å². The summed E-state index contributed by atoms with van der Waals surface area (Å²) < 4.78 is 0. The van der Waals surface area contributed by atoms with Crippen molar-refractivity contribution < 1.29 is 9.90 Å². The van der Waals surface area contributed by atoms with Crippen LogP contribution in [0.25, 0.3) is 11.3 Å². The highest BCUT2D eigenvalue weighted by Gasteiger charge is 2.14. The molecule has 0 aliphatic heterocycles. The van der Waals surface area contributed by atoms with Crippen molar-refractivity contribution in [3.8, 4) is 11.3 Å². The van der Waals surface area contributed by atoms with E-state index in [0.29, 0.717) is 5.82 Å². The van der Waals surface area contributed by atoms with E-state index in [1.54, 1.807) is 12.3 Å². The van der Waals surface area contributed by atoms with E-state index in [0.717, 1.165) is 11.3 Å². The van der Waals surface area contributed by atoms with Crippen molar-refractivity contribution in [2.45, 2.75) is 19.4 Å². The Kier molecular flexibility index (Phi) is 3.87. The van der Waals surface area contributed by atoms with Gasteiger partial charge in [-0.15, -0.1) is 0 Å². The average molecular weight is 257 g/mol. The maximum atomic E-state index is 10.7. The Bertz CT molecular complexity index is 581. The molecule has 5 nitrogen and oxygen atoms in total. The van der Waals surface area contributed by atoms with E-state index in [1.807, 2.05) is 31.2 Å². The topological polar surface area (TPSA) is 89.1 Å². The molecule has 1 aromatic heterocycles. The molecule has 2 rings (SSSR count). The molecule has 98 valence electrons. The van der Waals surface area contributed by atoms with Crippen LogP contribution in [0, 0.1) is 6.92 Å². The fourth-order valence-corrected chi connectivity index (χ4v) is 1.67. The summed E-state index contributed by atoms with van der Waals surface area (Å²) >= 11 is 0. The Hall–Kier alpha value is -2.27. The van der Waals surface area contributed by atoms with Crippen molar-refractivity contribution in [3.63, 3.8) is 0 Å². The number of hydrogen-bond donors (Lipinski definition) is 2. The van der Waals surface area contributed by atoms with Crippen LogP contribution >= 0.6 is 0 Å². The number of carbonyl (C=O) groups is 1. The van der Waals surface area contributed by atoms with Gasteiger partial charge in [0.1, 0.15) is 11.9 Å². The molecule has 0 aliphatic carbocycles. The van der Waals surface area contributed by atoms with Gasteiger partial charge in [0.15, 0.2) is 0 Å². The highest BCUT2D eigenvalue weighted by molar-refractivity contribution is 5.73.